The zero-order valence-corrected chi connectivity index (χ0v) is 14.9. The number of hydrogen-bond donors (Lipinski definition) is 0. The van der Waals surface area contributed by atoms with Crippen molar-refractivity contribution in [2.24, 2.45) is 0 Å². The maximum atomic E-state index is 5.50. The van der Waals surface area contributed by atoms with E-state index in [1.54, 1.807) is 0 Å². The van der Waals surface area contributed by atoms with Crippen LogP contribution in [-0.2, 0) is 17.7 Å². The summed E-state index contributed by atoms with van der Waals surface area (Å²) in [7, 11) is 0. The van der Waals surface area contributed by atoms with E-state index in [-0.39, 0.29) is 0 Å². The molecule has 2 aromatic carbocycles. The summed E-state index contributed by atoms with van der Waals surface area (Å²) in [6.45, 7) is 4.18. The van der Waals surface area contributed by atoms with Gasteiger partial charge in [-0.25, -0.2) is 0 Å². The van der Waals surface area contributed by atoms with Crippen molar-refractivity contribution in [2.45, 2.75) is 13.0 Å². The number of anilines is 1. The van der Waals surface area contributed by atoms with Crippen LogP contribution in [0.25, 0.3) is 11.1 Å². The Morgan fingerprint density at radius 3 is 2.31 bits per heavy atom. The molecule has 132 valence electrons. The molecule has 0 unspecified atom stereocenters. The number of benzene rings is 2. The topological polar surface area (TPSA) is 29.2 Å². The van der Waals surface area contributed by atoms with Crippen LogP contribution >= 0.6 is 0 Å². The molecule has 2 heterocycles. The quantitative estimate of drug-likeness (QED) is 0.665. The lowest BCUT2D eigenvalue weighted by atomic mass is 10.1. The molecular formula is C22H24N3O+. The Balaban J connectivity index is 1.63. The van der Waals surface area contributed by atoms with E-state index in [2.05, 4.69) is 82.5 Å². The molecule has 0 saturated carbocycles. The van der Waals surface area contributed by atoms with Gasteiger partial charge in [-0.3, -0.25) is 0 Å². The van der Waals surface area contributed by atoms with Crippen LogP contribution < -0.4 is 9.58 Å². The second-order valence-electron chi connectivity index (χ2n) is 6.55. The number of aryl methyl sites for hydroxylation is 2. The number of rotatable bonds is 5. The van der Waals surface area contributed by atoms with Gasteiger partial charge in [-0.05, 0) is 11.1 Å². The van der Waals surface area contributed by atoms with Crippen LogP contribution in [0.5, 0.6) is 0 Å². The van der Waals surface area contributed by atoms with Gasteiger partial charge in [-0.1, -0.05) is 65.3 Å². The first-order valence-electron chi connectivity index (χ1n) is 9.22. The molecule has 1 aliphatic heterocycles. The van der Waals surface area contributed by atoms with Gasteiger partial charge in [0.05, 0.1) is 18.8 Å². The average molecular weight is 346 g/mol. The van der Waals surface area contributed by atoms with Crippen LogP contribution in [0.2, 0.25) is 0 Å². The minimum absolute atomic E-state index is 0.765. The van der Waals surface area contributed by atoms with E-state index in [4.69, 9.17) is 9.84 Å². The molecule has 0 N–H and O–H groups in total. The summed E-state index contributed by atoms with van der Waals surface area (Å²) in [5.74, 6) is 1.03. The number of ether oxygens (including phenoxy) is 1. The maximum Gasteiger partial charge on any atom is 0.204 e. The van der Waals surface area contributed by atoms with Gasteiger partial charge in [-0.15, -0.1) is 0 Å². The third-order valence-electron chi connectivity index (χ3n) is 4.72. The Kier molecular flexibility index (Phi) is 5.22. The van der Waals surface area contributed by atoms with Crippen LogP contribution in [0, 0.1) is 0 Å². The van der Waals surface area contributed by atoms with Gasteiger partial charge in [0.1, 0.15) is 0 Å². The normalized spacial score (nSPS) is 14.4. The molecule has 0 aliphatic carbocycles. The molecule has 4 nitrogen and oxygen atoms in total. The van der Waals surface area contributed by atoms with Crippen molar-refractivity contribution in [1.29, 1.82) is 0 Å². The largest absolute Gasteiger partial charge is 0.378 e. The minimum Gasteiger partial charge on any atom is -0.378 e. The lowest BCUT2D eigenvalue weighted by Crippen LogP contribution is -2.43. The Morgan fingerprint density at radius 1 is 0.885 bits per heavy atom. The number of hydrogen-bond acceptors (Lipinski definition) is 3. The minimum atomic E-state index is 0.765. The summed E-state index contributed by atoms with van der Waals surface area (Å²) in [5.41, 5.74) is 3.76. The molecule has 0 radical (unpaired) electrons. The highest BCUT2D eigenvalue weighted by Gasteiger charge is 2.18. The van der Waals surface area contributed by atoms with Gasteiger partial charge in [0, 0.05) is 30.7 Å². The Morgan fingerprint density at radius 2 is 1.58 bits per heavy atom. The summed E-state index contributed by atoms with van der Waals surface area (Å²) < 4.78 is 7.58. The van der Waals surface area contributed by atoms with E-state index in [9.17, 15) is 0 Å². The highest BCUT2D eigenvalue weighted by molar-refractivity contribution is 5.64. The van der Waals surface area contributed by atoms with E-state index < -0.39 is 0 Å². The second kappa shape index (κ2) is 8.11. The molecule has 0 amide bonds. The molecular weight excluding hydrogens is 322 g/mol. The van der Waals surface area contributed by atoms with Gasteiger partial charge < -0.3 is 9.64 Å². The van der Waals surface area contributed by atoms with Crippen molar-refractivity contribution in [3.05, 3.63) is 78.5 Å². The maximum absolute atomic E-state index is 5.50. The third-order valence-corrected chi connectivity index (χ3v) is 4.72. The van der Waals surface area contributed by atoms with E-state index in [0.29, 0.717) is 0 Å². The predicted octanol–water partition coefficient (Wildman–Crippen LogP) is 3.12. The smallest absolute Gasteiger partial charge is 0.204 e. The van der Waals surface area contributed by atoms with Crippen LogP contribution in [0.3, 0.4) is 0 Å². The highest BCUT2D eigenvalue weighted by Crippen LogP contribution is 2.21. The van der Waals surface area contributed by atoms with Crippen molar-refractivity contribution in [3.63, 3.8) is 0 Å². The average Bonchev–Trinajstić information content (AvgIpc) is 2.74. The molecule has 26 heavy (non-hydrogen) atoms. The monoisotopic (exact) mass is 346 g/mol. The summed E-state index contributed by atoms with van der Waals surface area (Å²) in [4.78, 5) is 2.31. The second-order valence-corrected chi connectivity index (χ2v) is 6.55. The van der Waals surface area contributed by atoms with Gasteiger partial charge in [0.2, 0.25) is 6.20 Å². The SMILES string of the molecule is c1ccc(CC[n+]2cc(-c3ccccc3)cc(N3CCOCC3)n2)cc1. The van der Waals surface area contributed by atoms with Crippen molar-refractivity contribution in [1.82, 2.24) is 5.10 Å². The molecule has 1 fully saturated rings. The first kappa shape index (κ1) is 16.7. The molecule has 1 aromatic heterocycles. The fourth-order valence-electron chi connectivity index (χ4n) is 3.26. The van der Waals surface area contributed by atoms with E-state index in [1.807, 2.05) is 0 Å². The molecule has 1 saturated heterocycles. The van der Waals surface area contributed by atoms with E-state index >= 15 is 0 Å². The van der Waals surface area contributed by atoms with Crippen molar-refractivity contribution in [2.75, 3.05) is 31.2 Å². The fourth-order valence-corrected chi connectivity index (χ4v) is 3.26. The predicted molar refractivity (Wildman–Crippen MR) is 103 cm³/mol. The van der Waals surface area contributed by atoms with Crippen molar-refractivity contribution < 1.29 is 9.42 Å². The first-order valence-corrected chi connectivity index (χ1v) is 9.22. The molecule has 0 bridgehead atoms. The summed E-state index contributed by atoms with van der Waals surface area (Å²) in [6.07, 6.45) is 3.13. The van der Waals surface area contributed by atoms with Gasteiger partial charge in [0.25, 0.3) is 0 Å². The number of nitrogens with zero attached hydrogens (tertiary/aromatic N) is 3. The summed E-state index contributed by atoms with van der Waals surface area (Å²) in [6, 6.07) is 23.3. The van der Waals surface area contributed by atoms with Gasteiger partial charge >= 0.3 is 0 Å². The molecule has 0 atom stereocenters. The zero-order chi connectivity index (χ0) is 17.6. The van der Waals surface area contributed by atoms with E-state index in [0.717, 1.165) is 45.1 Å². The van der Waals surface area contributed by atoms with Crippen molar-refractivity contribution in [3.8, 4) is 11.1 Å². The summed E-state index contributed by atoms with van der Waals surface area (Å²) >= 11 is 0. The Labute approximate surface area is 154 Å². The Bertz CT molecular complexity index is 831. The third kappa shape index (κ3) is 4.09. The lowest BCUT2D eigenvalue weighted by Gasteiger charge is -2.26. The highest BCUT2D eigenvalue weighted by atomic mass is 16.5. The molecule has 1 aliphatic rings. The van der Waals surface area contributed by atoms with Crippen LogP contribution in [0.1, 0.15) is 5.56 Å². The van der Waals surface area contributed by atoms with Crippen LogP contribution in [-0.4, -0.2) is 31.4 Å². The standard InChI is InChI=1S/C22H24N3O/c1-3-7-19(8-4-1)11-12-25-18-21(20-9-5-2-6-10-20)17-22(23-25)24-13-15-26-16-14-24/h1-10,17-18H,11-16H2/q+1. The van der Waals surface area contributed by atoms with Crippen molar-refractivity contribution >= 4 is 5.82 Å². The molecule has 0 spiro atoms. The van der Waals surface area contributed by atoms with Gasteiger partial charge in [0.15, 0.2) is 12.4 Å². The molecule has 4 heteroatoms. The summed E-state index contributed by atoms with van der Waals surface area (Å²) in [5, 5.41) is 4.88. The zero-order valence-electron chi connectivity index (χ0n) is 14.9. The molecule has 3 aromatic rings. The number of morpholine rings is 1. The Hall–Kier alpha value is -2.72. The van der Waals surface area contributed by atoms with Gasteiger partial charge in [-0.2, -0.15) is 0 Å². The van der Waals surface area contributed by atoms with E-state index in [1.165, 1.54) is 16.7 Å². The molecule has 4 rings (SSSR count). The fraction of sp³-hybridized carbons (Fsp3) is 0.273. The lowest BCUT2D eigenvalue weighted by molar-refractivity contribution is -0.752. The number of aromatic nitrogens is 2. The van der Waals surface area contributed by atoms with Crippen LogP contribution in [0.4, 0.5) is 5.82 Å². The first-order chi connectivity index (χ1) is 12.9. The van der Waals surface area contributed by atoms with Crippen LogP contribution in [0.15, 0.2) is 72.9 Å².